The third kappa shape index (κ3) is 4.34. The average molecular weight is 291 g/mol. The molecule has 1 unspecified atom stereocenters. The Balaban J connectivity index is 2.59. The van der Waals surface area contributed by atoms with Crippen LogP contribution in [-0.2, 0) is 8.85 Å². The van der Waals surface area contributed by atoms with Crippen LogP contribution < -0.4 is 4.43 Å². The molecule has 0 aliphatic heterocycles. The molecular formula is C10H15BrO3Si. The van der Waals surface area contributed by atoms with Gasteiger partial charge in [0.15, 0.2) is 0 Å². The first-order valence-electron chi connectivity index (χ1n) is 4.82. The molecule has 0 bridgehead atoms. The molecule has 0 aromatic heterocycles. The summed E-state index contributed by atoms with van der Waals surface area (Å²) in [5.41, 5.74) is 0. The van der Waals surface area contributed by atoms with Gasteiger partial charge in [0, 0.05) is 13.7 Å². The van der Waals surface area contributed by atoms with Crippen LogP contribution in [0.25, 0.3) is 0 Å². The van der Waals surface area contributed by atoms with Crippen molar-refractivity contribution in [2.75, 3.05) is 13.7 Å². The Morgan fingerprint density at radius 3 is 2.47 bits per heavy atom. The van der Waals surface area contributed by atoms with E-state index in [0.717, 1.165) is 12.2 Å². The maximum absolute atomic E-state index is 5.66. The molecule has 0 amide bonds. The normalized spacial score (nSPS) is 14.6. The maximum atomic E-state index is 5.66. The first-order chi connectivity index (χ1) is 7.20. The molecule has 1 atom stereocenters. The number of benzene rings is 1. The van der Waals surface area contributed by atoms with Gasteiger partial charge < -0.3 is 13.3 Å². The van der Waals surface area contributed by atoms with Gasteiger partial charge in [-0.25, -0.2) is 0 Å². The molecule has 1 aromatic rings. The standard InChI is InChI=1S/C10H15BrO3Si/c1-3-9-13-15(11,12-2)14-10-7-5-4-6-8-10/h4-8H,3,9H2,1-2H3. The minimum atomic E-state index is -2.67. The zero-order valence-corrected chi connectivity index (χ0v) is 11.5. The molecule has 0 aliphatic carbocycles. The molecule has 5 heteroatoms. The summed E-state index contributed by atoms with van der Waals surface area (Å²) in [6.45, 7) is 2.66. The van der Waals surface area contributed by atoms with Gasteiger partial charge in [-0.15, -0.1) is 0 Å². The number of hydrogen-bond acceptors (Lipinski definition) is 3. The van der Waals surface area contributed by atoms with Gasteiger partial charge in [0.25, 0.3) is 0 Å². The Morgan fingerprint density at radius 1 is 1.27 bits per heavy atom. The molecule has 0 spiro atoms. The molecular weight excluding hydrogens is 276 g/mol. The molecule has 0 heterocycles. The summed E-state index contributed by atoms with van der Waals surface area (Å²) in [5.74, 6) is 0.749. The highest BCUT2D eigenvalue weighted by Gasteiger charge is 2.39. The Hall–Kier alpha value is -0.363. The first-order valence-corrected chi connectivity index (χ1v) is 8.80. The predicted octanol–water partition coefficient (Wildman–Crippen LogP) is 2.97. The molecule has 1 rings (SSSR count). The second kappa shape index (κ2) is 6.27. The van der Waals surface area contributed by atoms with E-state index in [9.17, 15) is 0 Å². The third-order valence-electron chi connectivity index (χ3n) is 1.71. The van der Waals surface area contributed by atoms with Crippen LogP contribution >= 0.6 is 15.3 Å². The fourth-order valence-electron chi connectivity index (χ4n) is 0.983. The highest BCUT2D eigenvalue weighted by atomic mass is 79.9. The van der Waals surface area contributed by atoms with Gasteiger partial charge in [-0.1, -0.05) is 25.1 Å². The molecule has 1 aromatic carbocycles. The summed E-state index contributed by atoms with van der Waals surface area (Å²) in [7, 11) is -1.09. The van der Waals surface area contributed by atoms with Crippen molar-refractivity contribution in [2.24, 2.45) is 0 Å². The molecule has 3 nitrogen and oxygen atoms in total. The van der Waals surface area contributed by atoms with E-state index in [-0.39, 0.29) is 0 Å². The summed E-state index contributed by atoms with van der Waals surface area (Å²) in [6.07, 6.45) is 0.932. The average Bonchev–Trinajstić information content (AvgIpc) is 2.28. The van der Waals surface area contributed by atoms with Crippen molar-refractivity contribution in [1.82, 2.24) is 0 Å². The number of rotatable bonds is 6. The van der Waals surface area contributed by atoms with Crippen LogP contribution in [0, 0.1) is 0 Å². The van der Waals surface area contributed by atoms with Crippen LogP contribution in [-0.4, -0.2) is 21.1 Å². The van der Waals surface area contributed by atoms with Crippen LogP contribution in [0.1, 0.15) is 13.3 Å². The van der Waals surface area contributed by atoms with Crippen molar-refractivity contribution in [3.63, 3.8) is 0 Å². The minimum Gasteiger partial charge on any atom is -0.493 e. The van der Waals surface area contributed by atoms with Crippen molar-refractivity contribution >= 4 is 22.7 Å². The Labute approximate surface area is 99.3 Å². The zero-order valence-electron chi connectivity index (χ0n) is 8.90. The van der Waals surface area contributed by atoms with Crippen molar-refractivity contribution in [3.05, 3.63) is 30.3 Å². The van der Waals surface area contributed by atoms with Gasteiger partial charge in [-0.3, -0.25) is 0 Å². The monoisotopic (exact) mass is 290 g/mol. The SMILES string of the molecule is CCCO[Si](Br)(OC)Oc1ccccc1. The largest absolute Gasteiger partial charge is 0.645 e. The highest BCUT2D eigenvalue weighted by molar-refractivity contribution is 9.25. The topological polar surface area (TPSA) is 27.7 Å². The maximum Gasteiger partial charge on any atom is 0.645 e. The molecule has 84 valence electrons. The first kappa shape index (κ1) is 12.7. The fourth-order valence-corrected chi connectivity index (χ4v) is 3.16. The Bertz CT molecular complexity index is 283. The van der Waals surface area contributed by atoms with Crippen molar-refractivity contribution in [1.29, 1.82) is 0 Å². The van der Waals surface area contributed by atoms with Crippen LogP contribution in [0.2, 0.25) is 0 Å². The van der Waals surface area contributed by atoms with Crippen LogP contribution in [0.4, 0.5) is 0 Å². The van der Waals surface area contributed by atoms with Crippen molar-refractivity contribution in [2.45, 2.75) is 13.3 Å². The van der Waals surface area contributed by atoms with E-state index >= 15 is 0 Å². The Morgan fingerprint density at radius 2 is 1.93 bits per heavy atom. The van der Waals surface area contributed by atoms with E-state index in [4.69, 9.17) is 13.3 Å². The van der Waals surface area contributed by atoms with Gasteiger partial charge in [0.1, 0.15) is 5.75 Å². The van der Waals surface area contributed by atoms with E-state index in [0.29, 0.717) is 6.61 Å². The molecule has 0 N–H and O–H groups in total. The summed E-state index contributed by atoms with van der Waals surface area (Å²) >= 11 is 3.39. The molecule has 15 heavy (non-hydrogen) atoms. The molecule has 0 radical (unpaired) electrons. The summed E-state index contributed by atoms with van der Waals surface area (Å²) in [4.78, 5) is 0. The lowest BCUT2D eigenvalue weighted by Gasteiger charge is -2.22. The second-order valence-corrected chi connectivity index (χ2v) is 7.73. The lowest BCUT2D eigenvalue weighted by molar-refractivity contribution is 0.158. The minimum absolute atomic E-state index is 0.623. The smallest absolute Gasteiger partial charge is 0.493 e. The van der Waals surface area contributed by atoms with Crippen molar-refractivity contribution < 1.29 is 13.3 Å². The van der Waals surface area contributed by atoms with E-state index in [1.807, 2.05) is 37.3 Å². The van der Waals surface area contributed by atoms with Crippen LogP contribution in [0.3, 0.4) is 0 Å². The van der Waals surface area contributed by atoms with Crippen molar-refractivity contribution in [3.8, 4) is 5.75 Å². The lowest BCUT2D eigenvalue weighted by atomic mass is 10.3. The van der Waals surface area contributed by atoms with Crippen LogP contribution in [0.5, 0.6) is 5.75 Å². The number of hydrogen-bond donors (Lipinski definition) is 0. The van der Waals surface area contributed by atoms with Gasteiger partial charge in [-0.2, -0.15) is 0 Å². The zero-order chi connectivity index (χ0) is 11.1. The van der Waals surface area contributed by atoms with Gasteiger partial charge in [0.2, 0.25) is 0 Å². The summed E-state index contributed by atoms with van der Waals surface area (Å²) in [6, 6.07) is 9.50. The summed E-state index contributed by atoms with van der Waals surface area (Å²) < 4.78 is 16.5. The predicted molar refractivity (Wildman–Crippen MR) is 65.0 cm³/mol. The lowest BCUT2D eigenvalue weighted by Crippen LogP contribution is -2.41. The summed E-state index contributed by atoms with van der Waals surface area (Å²) in [5, 5.41) is 0. The molecule has 0 fully saturated rings. The van der Waals surface area contributed by atoms with E-state index in [2.05, 4.69) is 15.3 Å². The fraction of sp³-hybridized carbons (Fsp3) is 0.400. The number of para-hydroxylation sites is 1. The van der Waals surface area contributed by atoms with E-state index < -0.39 is 7.42 Å². The Kier molecular flexibility index (Phi) is 5.31. The molecule has 0 aliphatic rings. The van der Waals surface area contributed by atoms with Crippen LogP contribution in [0.15, 0.2) is 30.3 Å². The number of halogens is 1. The van der Waals surface area contributed by atoms with Gasteiger partial charge in [0.05, 0.1) is 0 Å². The van der Waals surface area contributed by atoms with Gasteiger partial charge in [-0.05, 0) is 33.8 Å². The van der Waals surface area contributed by atoms with E-state index in [1.54, 1.807) is 7.11 Å². The second-order valence-electron chi connectivity index (χ2n) is 2.95. The quantitative estimate of drug-likeness (QED) is 0.596. The van der Waals surface area contributed by atoms with E-state index in [1.165, 1.54) is 0 Å². The van der Waals surface area contributed by atoms with Gasteiger partial charge >= 0.3 is 7.42 Å². The molecule has 0 saturated heterocycles. The third-order valence-corrected chi connectivity index (χ3v) is 5.37. The highest BCUT2D eigenvalue weighted by Crippen LogP contribution is 2.21. The molecule has 0 saturated carbocycles.